The van der Waals surface area contributed by atoms with Gasteiger partial charge in [0.1, 0.15) is 0 Å². The first kappa shape index (κ1) is 25.1. The number of hydrogen-bond acceptors (Lipinski definition) is 1. The van der Waals surface area contributed by atoms with Gasteiger partial charge in [0.2, 0.25) is 0 Å². The molecule has 1 nitrogen and oxygen atoms in total. The maximum Gasteiger partial charge on any atom is 0.0468 e. The summed E-state index contributed by atoms with van der Waals surface area (Å²) in [6, 6.07) is 63.4. The number of fused-ring (bicyclic) bond motifs is 6. The maximum absolute atomic E-state index is 2.37. The van der Waals surface area contributed by atoms with Gasteiger partial charge in [0.15, 0.2) is 0 Å². The van der Waals surface area contributed by atoms with E-state index in [1.807, 2.05) is 0 Å². The normalized spacial score (nSPS) is 11.3. The predicted molar refractivity (Wildman–Crippen MR) is 185 cm³/mol. The van der Waals surface area contributed by atoms with E-state index in [4.69, 9.17) is 0 Å². The smallest absolute Gasteiger partial charge is 0.0468 e. The third-order valence-electron chi connectivity index (χ3n) is 8.43. The van der Waals surface area contributed by atoms with Crippen LogP contribution in [0.5, 0.6) is 0 Å². The zero-order chi connectivity index (χ0) is 28.6. The zero-order valence-electron chi connectivity index (χ0n) is 23.7. The average Bonchev–Trinajstić information content (AvgIpc) is 3.10. The summed E-state index contributed by atoms with van der Waals surface area (Å²) in [7, 11) is 0. The van der Waals surface area contributed by atoms with Crippen molar-refractivity contribution in [2.75, 3.05) is 4.90 Å². The lowest BCUT2D eigenvalue weighted by Crippen LogP contribution is -2.10. The summed E-state index contributed by atoms with van der Waals surface area (Å²) in [5.41, 5.74) is 8.23. The van der Waals surface area contributed by atoms with Gasteiger partial charge in [-0.05, 0) is 91.0 Å². The molecule has 0 bridgehead atoms. The van der Waals surface area contributed by atoms with Gasteiger partial charge in [-0.15, -0.1) is 0 Å². The quantitative estimate of drug-likeness (QED) is 0.194. The van der Waals surface area contributed by atoms with Crippen LogP contribution in [0.1, 0.15) is 0 Å². The summed E-state index contributed by atoms with van der Waals surface area (Å²) < 4.78 is 0. The minimum absolute atomic E-state index is 1.13. The fraction of sp³-hybridized carbons (Fsp3) is 0. The Kier molecular flexibility index (Phi) is 6.20. The first-order chi connectivity index (χ1) is 21.3. The lowest BCUT2D eigenvalue weighted by Gasteiger charge is -2.26. The molecule has 0 heterocycles. The van der Waals surface area contributed by atoms with Crippen molar-refractivity contribution in [3.8, 4) is 22.3 Å². The van der Waals surface area contributed by atoms with E-state index >= 15 is 0 Å². The van der Waals surface area contributed by atoms with Gasteiger partial charge >= 0.3 is 0 Å². The van der Waals surface area contributed by atoms with Crippen LogP contribution in [0.15, 0.2) is 176 Å². The second kappa shape index (κ2) is 10.6. The highest BCUT2D eigenvalue weighted by Gasteiger charge is 2.16. The summed E-state index contributed by atoms with van der Waals surface area (Å²) >= 11 is 0. The Hall–Kier alpha value is -5.66. The molecule has 0 radical (unpaired) electrons. The highest BCUT2D eigenvalue weighted by Crippen LogP contribution is 2.41. The van der Waals surface area contributed by atoms with Crippen molar-refractivity contribution < 1.29 is 0 Å². The van der Waals surface area contributed by atoms with Gasteiger partial charge in [-0.25, -0.2) is 0 Å². The fourth-order valence-corrected chi connectivity index (χ4v) is 6.37. The second-order valence-electron chi connectivity index (χ2n) is 11.0. The molecule has 0 amide bonds. The van der Waals surface area contributed by atoms with E-state index in [0.717, 1.165) is 17.1 Å². The van der Waals surface area contributed by atoms with Gasteiger partial charge in [-0.3, -0.25) is 0 Å². The molecular formula is C42H29N. The Morgan fingerprint density at radius 3 is 1.28 bits per heavy atom. The molecule has 0 aliphatic carbocycles. The number of nitrogens with zero attached hydrogens (tertiary/aromatic N) is 1. The molecule has 1 heteroatoms. The van der Waals surface area contributed by atoms with Crippen LogP contribution in [0.3, 0.4) is 0 Å². The topological polar surface area (TPSA) is 3.24 Å². The second-order valence-corrected chi connectivity index (χ2v) is 11.0. The van der Waals surface area contributed by atoms with Gasteiger partial charge in [-0.1, -0.05) is 140 Å². The van der Waals surface area contributed by atoms with Crippen molar-refractivity contribution in [2.24, 2.45) is 0 Å². The molecule has 8 aromatic rings. The highest BCUT2D eigenvalue weighted by atomic mass is 15.1. The number of para-hydroxylation sites is 1. The van der Waals surface area contributed by atoms with Crippen LogP contribution in [-0.2, 0) is 0 Å². The van der Waals surface area contributed by atoms with E-state index in [2.05, 4.69) is 181 Å². The third kappa shape index (κ3) is 4.52. The van der Waals surface area contributed by atoms with E-state index in [0.29, 0.717) is 0 Å². The van der Waals surface area contributed by atoms with Crippen LogP contribution in [0.2, 0.25) is 0 Å². The van der Waals surface area contributed by atoms with Crippen molar-refractivity contribution in [3.05, 3.63) is 176 Å². The predicted octanol–water partition coefficient (Wildman–Crippen LogP) is 11.9. The van der Waals surface area contributed by atoms with Crippen LogP contribution >= 0.6 is 0 Å². The molecule has 0 N–H and O–H groups in total. The molecule has 0 aliphatic heterocycles. The van der Waals surface area contributed by atoms with Crippen LogP contribution in [0.25, 0.3) is 54.6 Å². The first-order valence-corrected chi connectivity index (χ1v) is 14.8. The van der Waals surface area contributed by atoms with Gasteiger partial charge in [0, 0.05) is 17.1 Å². The van der Waals surface area contributed by atoms with Crippen LogP contribution < -0.4 is 4.90 Å². The molecule has 8 aromatic carbocycles. The number of anilines is 3. The Bertz CT molecular complexity index is 2180. The largest absolute Gasteiger partial charge is 0.310 e. The Morgan fingerprint density at radius 2 is 0.651 bits per heavy atom. The van der Waals surface area contributed by atoms with E-state index in [9.17, 15) is 0 Å². The molecule has 43 heavy (non-hydrogen) atoms. The minimum Gasteiger partial charge on any atom is -0.310 e. The monoisotopic (exact) mass is 547 g/mol. The average molecular weight is 548 g/mol. The summed E-state index contributed by atoms with van der Waals surface area (Å²) in [5.74, 6) is 0. The van der Waals surface area contributed by atoms with E-state index in [1.165, 1.54) is 54.6 Å². The zero-order valence-corrected chi connectivity index (χ0v) is 23.7. The van der Waals surface area contributed by atoms with E-state index in [1.54, 1.807) is 0 Å². The summed E-state index contributed by atoms with van der Waals surface area (Å²) in [6.45, 7) is 0. The maximum atomic E-state index is 2.37. The van der Waals surface area contributed by atoms with Gasteiger partial charge < -0.3 is 4.90 Å². The van der Waals surface area contributed by atoms with Crippen LogP contribution in [-0.4, -0.2) is 0 Å². The van der Waals surface area contributed by atoms with Crippen molar-refractivity contribution in [1.82, 2.24) is 0 Å². The molecule has 8 rings (SSSR count). The number of benzene rings is 8. The van der Waals surface area contributed by atoms with Gasteiger partial charge in [0.05, 0.1) is 0 Å². The van der Waals surface area contributed by atoms with Crippen molar-refractivity contribution >= 4 is 49.4 Å². The molecule has 0 unspecified atom stereocenters. The highest BCUT2D eigenvalue weighted by molar-refractivity contribution is 6.25. The molecule has 0 aliphatic rings. The summed E-state index contributed by atoms with van der Waals surface area (Å²) in [6.07, 6.45) is 0. The van der Waals surface area contributed by atoms with Crippen molar-refractivity contribution in [2.45, 2.75) is 0 Å². The van der Waals surface area contributed by atoms with E-state index < -0.39 is 0 Å². The Labute approximate surface area is 251 Å². The third-order valence-corrected chi connectivity index (χ3v) is 8.43. The standard InChI is InChI=1S/C42H29N/c1-3-12-30(13-4-1)31-22-24-32(25-23-31)33-14-11-17-35(28-33)43(34-15-5-2-6-16-34)36-26-27-41-39-20-8-7-18-37(39)38-19-9-10-21-40(38)42(41)29-36/h1-29H. The minimum atomic E-state index is 1.13. The Morgan fingerprint density at radius 1 is 0.233 bits per heavy atom. The van der Waals surface area contributed by atoms with Gasteiger partial charge in [-0.2, -0.15) is 0 Å². The molecule has 0 saturated heterocycles. The number of hydrogen-bond donors (Lipinski definition) is 0. The summed E-state index contributed by atoms with van der Waals surface area (Å²) in [5, 5.41) is 7.69. The lowest BCUT2D eigenvalue weighted by molar-refractivity contribution is 1.29. The van der Waals surface area contributed by atoms with E-state index in [-0.39, 0.29) is 0 Å². The SMILES string of the molecule is c1ccc(-c2ccc(-c3cccc(N(c4ccccc4)c4ccc5c6ccccc6c6ccccc6c5c4)c3)cc2)cc1. The van der Waals surface area contributed by atoms with Crippen LogP contribution in [0.4, 0.5) is 17.1 Å². The number of rotatable bonds is 5. The lowest BCUT2D eigenvalue weighted by atomic mass is 9.94. The molecule has 202 valence electrons. The first-order valence-electron chi connectivity index (χ1n) is 14.8. The summed E-state index contributed by atoms with van der Waals surface area (Å²) in [4.78, 5) is 2.37. The molecule has 0 spiro atoms. The molecule has 0 saturated carbocycles. The molecule has 0 fully saturated rings. The molecule has 0 atom stereocenters. The van der Waals surface area contributed by atoms with Crippen molar-refractivity contribution in [1.29, 1.82) is 0 Å². The Balaban J connectivity index is 1.28. The van der Waals surface area contributed by atoms with Gasteiger partial charge in [0.25, 0.3) is 0 Å². The van der Waals surface area contributed by atoms with Crippen molar-refractivity contribution in [3.63, 3.8) is 0 Å². The molecular weight excluding hydrogens is 518 g/mol. The fourth-order valence-electron chi connectivity index (χ4n) is 6.37. The van der Waals surface area contributed by atoms with Crippen LogP contribution in [0, 0.1) is 0 Å². The molecule has 0 aromatic heterocycles.